The molecule has 4 rings (SSSR count). The molecule has 0 radical (unpaired) electrons. The Morgan fingerprint density at radius 3 is 2.11 bits per heavy atom. The fraction of sp³-hybridized carbons (Fsp3) is 0.185. The van der Waals surface area contributed by atoms with Gasteiger partial charge in [0.05, 0.1) is 37.4 Å². The van der Waals surface area contributed by atoms with Crippen LogP contribution in [0.1, 0.15) is 15.9 Å². The first-order valence-electron chi connectivity index (χ1n) is 11.1. The van der Waals surface area contributed by atoms with Crippen molar-refractivity contribution in [2.24, 2.45) is 0 Å². The lowest BCUT2D eigenvalue weighted by Gasteiger charge is -2.16. The molecule has 180 valence electrons. The second-order valence-electron chi connectivity index (χ2n) is 8.19. The maximum Gasteiger partial charge on any atom is 0.279 e. The lowest BCUT2D eigenvalue weighted by molar-refractivity contribution is 0.0705. The van der Waals surface area contributed by atoms with Gasteiger partial charge in [-0.1, -0.05) is 48.0 Å². The van der Waals surface area contributed by atoms with E-state index in [0.717, 1.165) is 27.9 Å². The smallest absolute Gasteiger partial charge is 0.279 e. The topological polar surface area (TPSA) is 124 Å². The second kappa shape index (κ2) is 10.5. The van der Waals surface area contributed by atoms with E-state index in [1.165, 1.54) is 7.11 Å². The summed E-state index contributed by atoms with van der Waals surface area (Å²) in [6.45, 7) is 1.60. The first kappa shape index (κ1) is 24.2. The molecule has 0 saturated heterocycles. The van der Waals surface area contributed by atoms with E-state index < -0.39 is 11.9 Å². The number of rotatable bonds is 8. The first-order chi connectivity index (χ1) is 17.0. The number of carbonyl (C=O) groups is 1. The highest BCUT2D eigenvalue weighted by atomic mass is 16.5. The predicted molar refractivity (Wildman–Crippen MR) is 135 cm³/mol. The van der Waals surface area contributed by atoms with E-state index >= 15 is 0 Å². The second-order valence-corrected chi connectivity index (χ2v) is 8.19. The molecule has 3 aromatic carbocycles. The standard InChI is InChI=1S/C27H27N3O5/c1-16-3-12-23-22(13-16)24(27(33)30-34)26(35-2)25(29-23)19-6-4-17(5-7-19)18-8-10-20(11-9-18)28-21(14-31)15-32/h3-13,21,28,31-32,34H,14-15H2,1-2H3,(H,30,33). The summed E-state index contributed by atoms with van der Waals surface area (Å²) in [7, 11) is 1.47. The molecule has 4 aromatic rings. The number of hydrogen-bond donors (Lipinski definition) is 5. The number of aryl methyl sites for hydroxylation is 1. The van der Waals surface area contributed by atoms with E-state index in [9.17, 15) is 20.2 Å². The largest absolute Gasteiger partial charge is 0.494 e. The van der Waals surface area contributed by atoms with Gasteiger partial charge in [0.2, 0.25) is 0 Å². The molecule has 8 nitrogen and oxygen atoms in total. The van der Waals surface area contributed by atoms with Crippen molar-refractivity contribution in [1.29, 1.82) is 0 Å². The lowest BCUT2D eigenvalue weighted by atomic mass is 9.98. The number of nitrogens with zero attached hydrogens (tertiary/aromatic N) is 1. The van der Waals surface area contributed by atoms with E-state index in [0.29, 0.717) is 16.6 Å². The predicted octanol–water partition coefficient (Wildman–Crippen LogP) is 3.77. The van der Waals surface area contributed by atoms with Gasteiger partial charge in [0.1, 0.15) is 5.69 Å². The molecule has 1 amide bonds. The van der Waals surface area contributed by atoms with E-state index in [4.69, 9.17) is 9.72 Å². The molecule has 0 aliphatic rings. The van der Waals surface area contributed by atoms with Gasteiger partial charge >= 0.3 is 0 Å². The number of nitrogens with one attached hydrogen (secondary N) is 2. The van der Waals surface area contributed by atoms with Gasteiger partial charge in [0.15, 0.2) is 5.75 Å². The van der Waals surface area contributed by atoms with Crippen LogP contribution in [0, 0.1) is 6.92 Å². The van der Waals surface area contributed by atoms with Gasteiger partial charge in [0.25, 0.3) is 5.91 Å². The molecular weight excluding hydrogens is 446 g/mol. The normalized spacial score (nSPS) is 11.0. The number of anilines is 1. The summed E-state index contributed by atoms with van der Waals surface area (Å²) in [5.74, 6) is -0.392. The average Bonchev–Trinajstić information content (AvgIpc) is 2.90. The van der Waals surface area contributed by atoms with Gasteiger partial charge in [-0.05, 0) is 42.3 Å². The molecule has 8 heteroatoms. The van der Waals surface area contributed by atoms with Gasteiger partial charge in [-0.2, -0.15) is 0 Å². The van der Waals surface area contributed by atoms with Crippen molar-refractivity contribution in [3.63, 3.8) is 0 Å². The number of benzene rings is 3. The van der Waals surface area contributed by atoms with Crippen molar-refractivity contribution < 1.29 is 25.0 Å². The monoisotopic (exact) mass is 473 g/mol. The SMILES string of the molecule is COc1c(-c2ccc(-c3ccc(NC(CO)CO)cc3)cc2)nc2ccc(C)cc2c1C(=O)NO. The minimum Gasteiger partial charge on any atom is -0.494 e. The van der Waals surface area contributed by atoms with E-state index in [1.54, 1.807) is 5.48 Å². The number of aromatic nitrogens is 1. The fourth-order valence-corrected chi connectivity index (χ4v) is 4.00. The number of hydroxylamine groups is 1. The van der Waals surface area contributed by atoms with Crippen LogP contribution in [-0.2, 0) is 0 Å². The van der Waals surface area contributed by atoms with Gasteiger partial charge in [-0.15, -0.1) is 0 Å². The maximum absolute atomic E-state index is 12.6. The van der Waals surface area contributed by atoms with Crippen LogP contribution in [0.2, 0.25) is 0 Å². The quantitative estimate of drug-likeness (QED) is 0.195. The molecule has 1 heterocycles. The Hall–Kier alpha value is -3.98. The minimum absolute atomic E-state index is 0.159. The Morgan fingerprint density at radius 1 is 0.943 bits per heavy atom. The molecule has 0 aliphatic heterocycles. The van der Waals surface area contributed by atoms with Gasteiger partial charge in [-0.25, -0.2) is 10.5 Å². The summed E-state index contributed by atoms with van der Waals surface area (Å²) in [5, 5.41) is 31.5. The number of aliphatic hydroxyl groups is 2. The summed E-state index contributed by atoms with van der Waals surface area (Å²) in [4.78, 5) is 17.3. The third-order valence-electron chi connectivity index (χ3n) is 5.82. The van der Waals surface area contributed by atoms with Gasteiger partial charge in [-0.3, -0.25) is 10.0 Å². The number of fused-ring (bicyclic) bond motifs is 1. The Bertz CT molecular complexity index is 1330. The number of pyridine rings is 1. The summed E-state index contributed by atoms with van der Waals surface area (Å²) in [5.41, 5.74) is 7.52. The van der Waals surface area contributed by atoms with Gasteiger partial charge in [0, 0.05) is 16.6 Å². The number of methoxy groups -OCH3 is 1. The number of carbonyl (C=O) groups excluding carboxylic acids is 1. The third kappa shape index (κ3) is 4.95. The zero-order valence-corrected chi connectivity index (χ0v) is 19.4. The highest BCUT2D eigenvalue weighted by Gasteiger charge is 2.22. The Morgan fingerprint density at radius 2 is 1.54 bits per heavy atom. The summed E-state index contributed by atoms with van der Waals surface area (Å²) in [6, 6.07) is 20.6. The van der Waals surface area contributed by atoms with Crippen LogP contribution >= 0.6 is 0 Å². The van der Waals surface area contributed by atoms with Crippen LogP contribution in [0.25, 0.3) is 33.3 Å². The highest BCUT2D eigenvalue weighted by molar-refractivity contribution is 6.10. The van der Waals surface area contributed by atoms with Crippen LogP contribution in [0.15, 0.2) is 66.7 Å². The molecule has 0 bridgehead atoms. The zero-order chi connectivity index (χ0) is 24.9. The molecule has 0 unspecified atom stereocenters. The average molecular weight is 474 g/mol. The molecular formula is C27H27N3O5. The number of amides is 1. The van der Waals surface area contributed by atoms with Crippen LogP contribution in [0.3, 0.4) is 0 Å². The molecule has 1 aromatic heterocycles. The Balaban J connectivity index is 1.71. The van der Waals surface area contributed by atoms with Crippen LogP contribution < -0.4 is 15.5 Å². The molecule has 0 aliphatic carbocycles. The van der Waals surface area contributed by atoms with Crippen molar-refractivity contribution in [3.05, 3.63) is 77.9 Å². The van der Waals surface area contributed by atoms with Crippen molar-refractivity contribution in [2.45, 2.75) is 13.0 Å². The highest BCUT2D eigenvalue weighted by Crippen LogP contribution is 2.37. The van der Waals surface area contributed by atoms with E-state index in [-0.39, 0.29) is 24.5 Å². The summed E-state index contributed by atoms with van der Waals surface area (Å²) < 4.78 is 5.60. The van der Waals surface area contributed by atoms with E-state index in [1.807, 2.05) is 73.7 Å². The molecule has 5 N–H and O–H groups in total. The van der Waals surface area contributed by atoms with Crippen molar-refractivity contribution in [1.82, 2.24) is 10.5 Å². The third-order valence-corrected chi connectivity index (χ3v) is 5.82. The molecule has 35 heavy (non-hydrogen) atoms. The van der Waals surface area contributed by atoms with Crippen molar-refractivity contribution in [2.75, 3.05) is 25.6 Å². The van der Waals surface area contributed by atoms with Crippen LogP contribution in [-0.4, -0.2) is 52.7 Å². The van der Waals surface area contributed by atoms with Crippen LogP contribution in [0.5, 0.6) is 5.75 Å². The van der Waals surface area contributed by atoms with Crippen LogP contribution in [0.4, 0.5) is 5.69 Å². The molecule has 0 saturated carbocycles. The maximum atomic E-state index is 12.6. The molecule has 0 atom stereocenters. The van der Waals surface area contributed by atoms with Crippen molar-refractivity contribution >= 4 is 22.5 Å². The number of ether oxygens (including phenoxy) is 1. The van der Waals surface area contributed by atoms with E-state index in [2.05, 4.69) is 5.32 Å². The van der Waals surface area contributed by atoms with Crippen molar-refractivity contribution in [3.8, 4) is 28.1 Å². The summed E-state index contributed by atoms with van der Waals surface area (Å²) in [6.07, 6.45) is 0. The number of aliphatic hydroxyl groups excluding tert-OH is 2. The fourth-order valence-electron chi connectivity index (χ4n) is 4.00. The molecule has 0 fully saturated rings. The lowest BCUT2D eigenvalue weighted by Crippen LogP contribution is -2.27. The first-order valence-corrected chi connectivity index (χ1v) is 11.1. The number of hydrogen-bond acceptors (Lipinski definition) is 7. The molecule has 0 spiro atoms. The zero-order valence-electron chi connectivity index (χ0n) is 19.4. The minimum atomic E-state index is -0.670. The summed E-state index contributed by atoms with van der Waals surface area (Å²) >= 11 is 0. The Labute approximate surface area is 202 Å². The Kier molecular flexibility index (Phi) is 7.26. The van der Waals surface area contributed by atoms with Gasteiger partial charge < -0.3 is 20.3 Å².